The summed E-state index contributed by atoms with van der Waals surface area (Å²) in [5.74, 6) is -0.490. The summed E-state index contributed by atoms with van der Waals surface area (Å²) in [4.78, 5) is 18.2. The molecule has 1 aromatic heterocycles. The maximum atomic E-state index is 12.9. The molecule has 0 saturated carbocycles. The van der Waals surface area contributed by atoms with Crippen LogP contribution in [-0.2, 0) is 20.3 Å². The molecule has 26 heavy (non-hydrogen) atoms. The zero-order valence-corrected chi connectivity index (χ0v) is 16.0. The van der Waals surface area contributed by atoms with E-state index in [-0.39, 0.29) is 11.9 Å². The van der Waals surface area contributed by atoms with E-state index in [4.69, 9.17) is 4.74 Å². The third kappa shape index (κ3) is 3.35. The highest BCUT2D eigenvalue weighted by molar-refractivity contribution is 7.84. The largest absolute Gasteiger partial charge is 0.465 e. The van der Waals surface area contributed by atoms with Crippen molar-refractivity contribution in [3.05, 3.63) is 41.6 Å². The molecule has 1 aliphatic heterocycles. The second kappa shape index (κ2) is 7.95. The molecule has 1 aromatic carbocycles. The molecule has 7 heteroatoms. The van der Waals surface area contributed by atoms with Crippen molar-refractivity contribution in [3.8, 4) is 0 Å². The Bertz CT molecular complexity index is 859. The quantitative estimate of drug-likeness (QED) is 0.787. The van der Waals surface area contributed by atoms with Gasteiger partial charge in [-0.3, -0.25) is 14.1 Å². The van der Waals surface area contributed by atoms with Gasteiger partial charge in [-0.05, 0) is 25.0 Å². The number of hydrogen-bond donors (Lipinski definition) is 1. The number of ether oxygens (including phenoxy) is 1. The van der Waals surface area contributed by atoms with Crippen molar-refractivity contribution in [2.45, 2.75) is 37.5 Å². The number of fused-ring (bicyclic) bond motifs is 1. The zero-order valence-electron chi connectivity index (χ0n) is 15.2. The minimum atomic E-state index is -1.18. The number of aromatic nitrogens is 2. The minimum Gasteiger partial charge on any atom is -0.465 e. The number of esters is 1. The van der Waals surface area contributed by atoms with E-state index in [2.05, 4.69) is 22.1 Å². The molecule has 3 unspecified atom stereocenters. The van der Waals surface area contributed by atoms with E-state index in [1.165, 1.54) is 0 Å². The van der Waals surface area contributed by atoms with E-state index < -0.39 is 16.7 Å². The average molecular weight is 373 g/mol. The predicted octanol–water partition coefficient (Wildman–Crippen LogP) is 3.34. The van der Waals surface area contributed by atoms with E-state index in [0.29, 0.717) is 18.8 Å². The van der Waals surface area contributed by atoms with Crippen LogP contribution in [0.2, 0.25) is 0 Å². The van der Waals surface area contributed by atoms with E-state index in [1.54, 1.807) is 19.4 Å². The van der Waals surface area contributed by atoms with Gasteiger partial charge in [0.1, 0.15) is 5.92 Å². The minimum absolute atomic E-state index is 0.298. The van der Waals surface area contributed by atoms with Gasteiger partial charge in [0.15, 0.2) is 5.82 Å². The van der Waals surface area contributed by atoms with Gasteiger partial charge in [0.25, 0.3) is 0 Å². The summed E-state index contributed by atoms with van der Waals surface area (Å²) in [5.41, 5.74) is 2.47. The first-order valence-electron chi connectivity index (χ1n) is 8.78. The Hall–Kier alpha value is -2.28. The number of hydrogen-bond acceptors (Lipinski definition) is 5. The van der Waals surface area contributed by atoms with Crippen molar-refractivity contribution in [1.29, 1.82) is 0 Å². The topological polar surface area (TPSA) is 84.4 Å². The molecule has 0 bridgehead atoms. The molecule has 0 aliphatic carbocycles. The normalized spacial score (nSPS) is 20.2. The van der Waals surface area contributed by atoms with Gasteiger partial charge in [-0.15, -0.1) is 0 Å². The van der Waals surface area contributed by atoms with Crippen LogP contribution in [0.1, 0.15) is 43.7 Å². The third-order valence-corrected chi connectivity index (χ3v) is 5.53. The number of carbonyl (C=O) groups is 1. The highest BCUT2D eigenvalue weighted by Crippen LogP contribution is 2.44. The smallest absolute Gasteiger partial charge is 0.315 e. The highest BCUT2D eigenvalue weighted by atomic mass is 32.2. The SMILES string of the molecule is CCCC1=Nc2[nH]ncc2C(c2ccccc2S(C)=O)C1C(=O)OCC. The van der Waals surface area contributed by atoms with Crippen molar-refractivity contribution in [2.24, 2.45) is 10.9 Å². The van der Waals surface area contributed by atoms with Gasteiger partial charge < -0.3 is 4.74 Å². The number of benzene rings is 1. The van der Waals surface area contributed by atoms with Crippen LogP contribution in [0.5, 0.6) is 0 Å². The van der Waals surface area contributed by atoms with E-state index in [1.807, 2.05) is 24.3 Å². The number of carbonyl (C=O) groups excluding carboxylic acids is 1. The van der Waals surface area contributed by atoms with Crippen LogP contribution >= 0.6 is 0 Å². The third-order valence-electron chi connectivity index (χ3n) is 4.54. The average Bonchev–Trinajstić information content (AvgIpc) is 3.09. The lowest BCUT2D eigenvalue weighted by atomic mass is 9.76. The molecule has 138 valence electrons. The molecule has 6 nitrogen and oxygen atoms in total. The second-order valence-electron chi connectivity index (χ2n) is 6.23. The molecule has 1 N–H and O–H groups in total. The molecule has 2 aromatic rings. The first-order valence-corrected chi connectivity index (χ1v) is 10.3. The Morgan fingerprint density at radius 1 is 1.27 bits per heavy atom. The number of H-pyrrole nitrogens is 1. The summed E-state index contributed by atoms with van der Waals surface area (Å²) >= 11 is 0. The predicted molar refractivity (Wildman–Crippen MR) is 101 cm³/mol. The first-order chi connectivity index (χ1) is 12.6. The van der Waals surface area contributed by atoms with E-state index >= 15 is 0 Å². The summed E-state index contributed by atoms with van der Waals surface area (Å²) in [5, 5.41) is 7.05. The van der Waals surface area contributed by atoms with E-state index in [9.17, 15) is 9.00 Å². The Balaban J connectivity index is 2.21. The van der Waals surface area contributed by atoms with Crippen molar-refractivity contribution in [3.63, 3.8) is 0 Å². The van der Waals surface area contributed by atoms with Crippen LogP contribution in [-0.4, -0.2) is 38.9 Å². The van der Waals surface area contributed by atoms with Crippen LogP contribution in [0, 0.1) is 5.92 Å². The fraction of sp³-hybridized carbons (Fsp3) is 0.421. The number of nitrogens with one attached hydrogen (secondary N) is 1. The van der Waals surface area contributed by atoms with Crippen LogP contribution in [0.3, 0.4) is 0 Å². The lowest BCUT2D eigenvalue weighted by molar-refractivity contribution is -0.146. The standard InChI is InChI=1S/C19H23N3O3S/c1-4-8-14-17(19(23)25-5-2)16(13-11-20-22-18(13)21-14)12-9-6-7-10-15(12)26(3)24/h6-7,9-11,16-17H,4-5,8H2,1-3H3,(H,20,22). The maximum Gasteiger partial charge on any atom is 0.315 e. The van der Waals surface area contributed by atoms with Gasteiger partial charge >= 0.3 is 5.97 Å². The molecule has 1 aliphatic rings. The molecule has 2 heterocycles. The molecule has 3 atom stereocenters. The van der Waals surface area contributed by atoms with Gasteiger partial charge in [0.05, 0.1) is 23.6 Å². The Kier molecular flexibility index (Phi) is 5.66. The van der Waals surface area contributed by atoms with Crippen molar-refractivity contribution in [2.75, 3.05) is 12.9 Å². The number of aromatic amines is 1. The molecule has 0 saturated heterocycles. The van der Waals surface area contributed by atoms with E-state index in [0.717, 1.165) is 28.2 Å². The van der Waals surface area contributed by atoms with Crippen molar-refractivity contribution in [1.82, 2.24) is 10.2 Å². The zero-order chi connectivity index (χ0) is 18.7. The summed E-state index contributed by atoms with van der Waals surface area (Å²) in [7, 11) is -1.18. The second-order valence-corrected chi connectivity index (χ2v) is 7.57. The number of rotatable bonds is 6. The summed E-state index contributed by atoms with van der Waals surface area (Å²) in [6.45, 7) is 4.16. The Labute approximate surface area is 155 Å². The van der Waals surface area contributed by atoms with Gasteiger partial charge in [-0.25, -0.2) is 4.99 Å². The van der Waals surface area contributed by atoms with Crippen molar-refractivity contribution < 1.29 is 13.7 Å². The monoisotopic (exact) mass is 373 g/mol. The van der Waals surface area contributed by atoms with Gasteiger partial charge in [-0.2, -0.15) is 5.10 Å². The van der Waals surface area contributed by atoms with Crippen LogP contribution in [0.15, 0.2) is 40.4 Å². The lowest BCUT2D eigenvalue weighted by Gasteiger charge is -2.31. The fourth-order valence-electron chi connectivity index (χ4n) is 3.51. The van der Waals surface area contributed by atoms with Gasteiger partial charge in [0.2, 0.25) is 0 Å². The van der Waals surface area contributed by atoms with Crippen molar-refractivity contribution >= 4 is 28.3 Å². The number of nitrogens with zero attached hydrogens (tertiary/aromatic N) is 2. The molecule has 0 amide bonds. The molecule has 0 fully saturated rings. The van der Waals surface area contributed by atoms with Gasteiger partial charge in [-0.1, -0.05) is 31.5 Å². The Morgan fingerprint density at radius 3 is 2.73 bits per heavy atom. The summed E-state index contributed by atoms with van der Waals surface area (Å²) in [6, 6.07) is 7.54. The van der Waals surface area contributed by atoms with Crippen LogP contribution in [0.4, 0.5) is 5.82 Å². The maximum absolute atomic E-state index is 12.9. The molecule has 0 radical (unpaired) electrons. The molecular weight excluding hydrogens is 350 g/mol. The lowest BCUT2D eigenvalue weighted by Crippen LogP contribution is -2.35. The first kappa shape index (κ1) is 18.5. The van der Waals surface area contributed by atoms with Crippen LogP contribution < -0.4 is 0 Å². The summed E-state index contributed by atoms with van der Waals surface area (Å²) in [6.07, 6.45) is 4.91. The fourth-order valence-corrected chi connectivity index (χ4v) is 4.31. The van der Waals surface area contributed by atoms with Crippen LogP contribution in [0.25, 0.3) is 0 Å². The number of aliphatic imine (C=N–C) groups is 1. The highest BCUT2D eigenvalue weighted by Gasteiger charge is 2.41. The molecular formula is C19H23N3O3S. The Morgan fingerprint density at radius 2 is 2.04 bits per heavy atom. The molecule has 0 spiro atoms. The molecule has 3 rings (SSSR count). The summed E-state index contributed by atoms with van der Waals surface area (Å²) < 4.78 is 17.7. The van der Waals surface area contributed by atoms with Gasteiger partial charge in [0, 0.05) is 28.3 Å².